The predicted molar refractivity (Wildman–Crippen MR) is 76.1 cm³/mol. The van der Waals surface area contributed by atoms with E-state index in [-0.39, 0.29) is 28.0 Å². The second-order valence-electron chi connectivity index (χ2n) is 4.36. The summed E-state index contributed by atoms with van der Waals surface area (Å²) < 4.78 is 0. The van der Waals surface area contributed by atoms with Crippen LogP contribution in [0.2, 0.25) is 5.02 Å². The van der Waals surface area contributed by atoms with Gasteiger partial charge in [-0.3, -0.25) is 14.5 Å². The first kappa shape index (κ1) is 14.0. The Morgan fingerprint density at radius 2 is 2.05 bits per heavy atom. The fourth-order valence-corrected chi connectivity index (χ4v) is 2.84. The molecule has 1 aromatic rings. The number of nitrogens with zero attached hydrogens (tertiary/aromatic N) is 1. The van der Waals surface area contributed by atoms with Crippen LogP contribution in [0, 0.1) is 0 Å². The summed E-state index contributed by atoms with van der Waals surface area (Å²) in [5.41, 5.74) is 0.664. The van der Waals surface area contributed by atoms with E-state index in [0.29, 0.717) is 10.5 Å². The standard InChI is InChI=1S/C13H12ClNO3S/c1-7(2)15-12(17)11(19-13(15)18)6-8-3-4-10(16)9(14)5-8/h3-7,16H,1-2H3. The van der Waals surface area contributed by atoms with Gasteiger partial charge < -0.3 is 5.11 Å². The Kier molecular flexibility index (Phi) is 3.87. The van der Waals surface area contributed by atoms with Crippen molar-refractivity contribution in [3.8, 4) is 5.75 Å². The van der Waals surface area contributed by atoms with Crippen LogP contribution in [0.15, 0.2) is 23.1 Å². The molecule has 1 N–H and O–H groups in total. The second kappa shape index (κ2) is 5.27. The predicted octanol–water partition coefficient (Wildman–Crippen LogP) is 3.49. The molecule has 0 aromatic heterocycles. The molecule has 1 saturated heterocycles. The number of carbonyl (C=O) groups is 2. The van der Waals surface area contributed by atoms with E-state index < -0.39 is 0 Å². The van der Waals surface area contributed by atoms with Gasteiger partial charge in [-0.25, -0.2) is 0 Å². The highest BCUT2D eigenvalue weighted by atomic mass is 35.5. The summed E-state index contributed by atoms with van der Waals surface area (Å²) in [7, 11) is 0. The molecule has 6 heteroatoms. The van der Waals surface area contributed by atoms with E-state index in [4.69, 9.17) is 11.6 Å². The fraction of sp³-hybridized carbons (Fsp3) is 0.231. The number of imide groups is 1. The van der Waals surface area contributed by atoms with Crippen LogP contribution >= 0.6 is 23.4 Å². The monoisotopic (exact) mass is 297 g/mol. The molecule has 0 radical (unpaired) electrons. The Hall–Kier alpha value is -1.46. The van der Waals surface area contributed by atoms with E-state index in [2.05, 4.69) is 0 Å². The van der Waals surface area contributed by atoms with Crippen molar-refractivity contribution in [3.05, 3.63) is 33.7 Å². The number of carbonyl (C=O) groups excluding carboxylic acids is 2. The van der Waals surface area contributed by atoms with Gasteiger partial charge in [-0.1, -0.05) is 17.7 Å². The molecular weight excluding hydrogens is 286 g/mol. The third kappa shape index (κ3) is 2.77. The summed E-state index contributed by atoms with van der Waals surface area (Å²) in [6.45, 7) is 3.58. The molecule has 19 heavy (non-hydrogen) atoms. The Morgan fingerprint density at radius 1 is 1.37 bits per heavy atom. The average Bonchev–Trinajstić information content (AvgIpc) is 2.59. The molecular formula is C13H12ClNO3S. The summed E-state index contributed by atoms with van der Waals surface area (Å²) in [5.74, 6) is -0.316. The number of aromatic hydroxyl groups is 1. The molecule has 0 bridgehead atoms. The van der Waals surface area contributed by atoms with Gasteiger partial charge in [0.1, 0.15) is 5.75 Å². The smallest absolute Gasteiger partial charge is 0.293 e. The lowest BCUT2D eigenvalue weighted by atomic mass is 10.2. The summed E-state index contributed by atoms with van der Waals surface area (Å²) in [5, 5.41) is 9.26. The van der Waals surface area contributed by atoms with E-state index in [1.165, 1.54) is 11.0 Å². The molecule has 2 rings (SSSR count). The maximum Gasteiger partial charge on any atom is 0.293 e. The third-order valence-electron chi connectivity index (χ3n) is 2.61. The lowest BCUT2D eigenvalue weighted by molar-refractivity contribution is -0.123. The number of thioether (sulfide) groups is 1. The van der Waals surface area contributed by atoms with Gasteiger partial charge >= 0.3 is 0 Å². The summed E-state index contributed by atoms with van der Waals surface area (Å²) in [6.07, 6.45) is 1.60. The minimum absolute atomic E-state index is 0.0194. The van der Waals surface area contributed by atoms with Gasteiger partial charge in [0.25, 0.3) is 11.1 Å². The normalized spacial score (nSPS) is 17.9. The molecule has 100 valence electrons. The SMILES string of the molecule is CC(C)N1C(=O)SC(=Cc2ccc(O)c(Cl)c2)C1=O. The molecule has 1 aromatic carbocycles. The number of hydrogen-bond acceptors (Lipinski definition) is 4. The second-order valence-corrected chi connectivity index (χ2v) is 5.76. The van der Waals surface area contributed by atoms with Crippen molar-refractivity contribution in [2.45, 2.75) is 19.9 Å². The molecule has 0 atom stereocenters. The van der Waals surface area contributed by atoms with Crippen molar-refractivity contribution in [1.29, 1.82) is 0 Å². The minimum atomic E-state index is -0.297. The lowest BCUT2D eigenvalue weighted by Gasteiger charge is -2.16. The van der Waals surface area contributed by atoms with Crippen LogP contribution < -0.4 is 0 Å². The van der Waals surface area contributed by atoms with Crippen LogP contribution in [-0.4, -0.2) is 27.2 Å². The van der Waals surface area contributed by atoms with E-state index in [9.17, 15) is 14.7 Å². The van der Waals surface area contributed by atoms with Gasteiger partial charge in [0, 0.05) is 6.04 Å². The van der Waals surface area contributed by atoms with Crippen molar-refractivity contribution in [3.63, 3.8) is 0 Å². The first-order chi connectivity index (χ1) is 8.90. The Labute approximate surface area is 120 Å². The van der Waals surface area contributed by atoms with E-state index in [1.54, 1.807) is 32.1 Å². The van der Waals surface area contributed by atoms with Crippen LogP contribution in [0.5, 0.6) is 5.75 Å². The van der Waals surface area contributed by atoms with E-state index in [0.717, 1.165) is 11.8 Å². The van der Waals surface area contributed by atoms with Crippen LogP contribution in [-0.2, 0) is 4.79 Å². The number of phenolic OH excluding ortho intramolecular Hbond substituents is 1. The van der Waals surface area contributed by atoms with Crippen LogP contribution in [0.1, 0.15) is 19.4 Å². The van der Waals surface area contributed by atoms with Crippen molar-refractivity contribution in [2.75, 3.05) is 0 Å². The maximum atomic E-state index is 12.0. The molecule has 4 nitrogen and oxygen atoms in total. The fourth-order valence-electron chi connectivity index (χ4n) is 1.69. The quantitative estimate of drug-likeness (QED) is 0.849. The van der Waals surface area contributed by atoms with Gasteiger partial charge in [-0.15, -0.1) is 0 Å². The number of rotatable bonds is 2. The molecule has 1 aliphatic heterocycles. The highest BCUT2D eigenvalue weighted by Crippen LogP contribution is 2.34. The van der Waals surface area contributed by atoms with Crippen molar-refractivity contribution >= 4 is 40.6 Å². The van der Waals surface area contributed by atoms with Crippen LogP contribution in [0.25, 0.3) is 6.08 Å². The first-order valence-electron chi connectivity index (χ1n) is 5.65. The zero-order valence-electron chi connectivity index (χ0n) is 10.4. The first-order valence-corrected chi connectivity index (χ1v) is 6.85. The molecule has 1 fully saturated rings. The number of benzene rings is 1. The van der Waals surface area contributed by atoms with Crippen LogP contribution in [0.3, 0.4) is 0 Å². The number of phenols is 1. The Balaban J connectivity index is 2.32. The van der Waals surface area contributed by atoms with Gasteiger partial charge in [0.05, 0.1) is 9.93 Å². The Bertz CT molecular complexity index is 583. The summed E-state index contributed by atoms with van der Waals surface area (Å²) >= 11 is 6.70. The molecule has 2 amide bonds. The number of halogens is 1. The molecule has 0 aliphatic carbocycles. The van der Waals surface area contributed by atoms with Gasteiger partial charge in [0.2, 0.25) is 0 Å². The molecule has 1 aliphatic rings. The largest absolute Gasteiger partial charge is 0.506 e. The number of hydrogen-bond donors (Lipinski definition) is 1. The van der Waals surface area contributed by atoms with Crippen molar-refractivity contribution in [1.82, 2.24) is 4.90 Å². The topological polar surface area (TPSA) is 57.6 Å². The lowest BCUT2D eigenvalue weighted by Crippen LogP contribution is -2.34. The van der Waals surface area contributed by atoms with Crippen LogP contribution in [0.4, 0.5) is 4.79 Å². The Morgan fingerprint density at radius 3 is 2.58 bits per heavy atom. The highest BCUT2D eigenvalue weighted by Gasteiger charge is 2.36. The van der Waals surface area contributed by atoms with Crippen molar-refractivity contribution in [2.24, 2.45) is 0 Å². The van der Waals surface area contributed by atoms with Gasteiger partial charge in [-0.05, 0) is 49.4 Å². The number of amides is 2. The van der Waals surface area contributed by atoms with Gasteiger partial charge in [0.15, 0.2) is 0 Å². The zero-order valence-corrected chi connectivity index (χ0v) is 12.0. The zero-order chi connectivity index (χ0) is 14.2. The molecule has 1 heterocycles. The van der Waals surface area contributed by atoms with Crippen molar-refractivity contribution < 1.29 is 14.7 Å². The molecule has 0 spiro atoms. The van der Waals surface area contributed by atoms with E-state index in [1.807, 2.05) is 0 Å². The highest BCUT2D eigenvalue weighted by molar-refractivity contribution is 8.18. The summed E-state index contributed by atoms with van der Waals surface area (Å²) in [4.78, 5) is 25.3. The minimum Gasteiger partial charge on any atom is -0.506 e. The van der Waals surface area contributed by atoms with E-state index >= 15 is 0 Å². The summed E-state index contributed by atoms with van der Waals surface area (Å²) in [6, 6.07) is 4.45. The third-order valence-corrected chi connectivity index (χ3v) is 3.80. The molecule has 0 unspecified atom stereocenters. The average molecular weight is 298 g/mol. The van der Waals surface area contributed by atoms with Gasteiger partial charge in [-0.2, -0.15) is 0 Å². The maximum absolute atomic E-state index is 12.0. The molecule has 0 saturated carbocycles.